The SMILES string of the molecule is Nc1ncnc2c1c(-c1cc(O)c(F)c(F)c1)c(Cl)n2C1Cc2ccccc2C1. The molecule has 1 aliphatic rings. The van der Waals surface area contributed by atoms with E-state index in [0.717, 1.165) is 25.0 Å². The van der Waals surface area contributed by atoms with Gasteiger partial charge in [-0.05, 0) is 41.7 Å². The molecule has 2 heterocycles. The lowest BCUT2D eigenvalue weighted by molar-refractivity contribution is 0.407. The number of phenolic OH excluding ortho intramolecular Hbond substituents is 1. The summed E-state index contributed by atoms with van der Waals surface area (Å²) in [5, 5.41) is 10.5. The fraction of sp³-hybridized carbons (Fsp3) is 0.143. The zero-order valence-corrected chi connectivity index (χ0v) is 15.8. The minimum atomic E-state index is -1.32. The Morgan fingerprint density at radius 1 is 1.10 bits per heavy atom. The molecule has 0 unspecified atom stereocenters. The Kier molecular flexibility index (Phi) is 3.96. The Balaban J connectivity index is 1.76. The van der Waals surface area contributed by atoms with Gasteiger partial charge >= 0.3 is 0 Å². The Hall–Kier alpha value is -3.19. The average Bonchev–Trinajstić information content (AvgIpc) is 3.24. The van der Waals surface area contributed by atoms with E-state index in [0.29, 0.717) is 16.6 Å². The second-order valence-electron chi connectivity index (χ2n) is 7.12. The number of hydrogen-bond donors (Lipinski definition) is 2. The molecule has 0 saturated carbocycles. The Bertz CT molecular complexity index is 1240. The molecule has 0 radical (unpaired) electrons. The van der Waals surface area contributed by atoms with Gasteiger partial charge in [0.1, 0.15) is 22.9 Å². The number of benzene rings is 2. The number of aromatic nitrogens is 3. The van der Waals surface area contributed by atoms with Crippen LogP contribution in [0.1, 0.15) is 17.2 Å². The van der Waals surface area contributed by atoms with Crippen molar-refractivity contribution in [2.45, 2.75) is 18.9 Å². The summed E-state index contributed by atoms with van der Waals surface area (Å²) < 4.78 is 29.5. The van der Waals surface area contributed by atoms with Gasteiger partial charge in [-0.25, -0.2) is 14.4 Å². The van der Waals surface area contributed by atoms with Gasteiger partial charge in [0.15, 0.2) is 17.4 Å². The zero-order chi connectivity index (χ0) is 20.3. The first kappa shape index (κ1) is 17.9. The van der Waals surface area contributed by atoms with Crippen LogP contribution in [0.15, 0.2) is 42.7 Å². The molecule has 1 aliphatic carbocycles. The van der Waals surface area contributed by atoms with Crippen LogP contribution in [0.2, 0.25) is 5.15 Å². The van der Waals surface area contributed by atoms with Gasteiger partial charge in [-0.2, -0.15) is 4.39 Å². The van der Waals surface area contributed by atoms with E-state index in [1.807, 2.05) is 16.7 Å². The number of halogens is 3. The maximum absolute atomic E-state index is 14.0. The van der Waals surface area contributed by atoms with Crippen molar-refractivity contribution in [2.75, 3.05) is 5.73 Å². The van der Waals surface area contributed by atoms with E-state index in [9.17, 15) is 13.9 Å². The molecule has 29 heavy (non-hydrogen) atoms. The van der Waals surface area contributed by atoms with Crippen molar-refractivity contribution >= 4 is 28.5 Å². The highest BCUT2D eigenvalue weighted by molar-refractivity contribution is 6.35. The van der Waals surface area contributed by atoms with Crippen molar-refractivity contribution in [3.05, 3.63) is 70.6 Å². The van der Waals surface area contributed by atoms with Crippen LogP contribution in [0.4, 0.5) is 14.6 Å². The van der Waals surface area contributed by atoms with Crippen molar-refractivity contribution in [3.8, 4) is 16.9 Å². The lowest BCUT2D eigenvalue weighted by atomic mass is 10.1. The minimum Gasteiger partial charge on any atom is -0.505 e. The van der Waals surface area contributed by atoms with Crippen LogP contribution < -0.4 is 5.73 Å². The molecule has 0 aliphatic heterocycles. The summed E-state index contributed by atoms with van der Waals surface area (Å²) in [6.45, 7) is 0. The van der Waals surface area contributed by atoms with E-state index in [1.54, 1.807) is 0 Å². The van der Waals surface area contributed by atoms with Crippen molar-refractivity contribution < 1.29 is 13.9 Å². The number of nitrogens with zero attached hydrogens (tertiary/aromatic N) is 3. The third-order valence-electron chi connectivity index (χ3n) is 5.44. The van der Waals surface area contributed by atoms with Gasteiger partial charge in [0.25, 0.3) is 0 Å². The number of aromatic hydroxyl groups is 1. The van der Waals surface area contributed by atoms with E-state index in [1.165, 1.54) is 17.5 Å². The lowest BCUT2D eigenvalue weighted by Gasteiger charge is -2.14. The fourth-order valence-electron chi connectivity index (χ4n) is 4.16. The Morgan fingerprint density at radius 2 is 1.79 bits per heavy atom. The second kappa shape index (κ2) is 6.42. The van der Waals surface area contributed by atoms with Crippen molar-refractivity contribution in [1.82, 2.24) is 14.5 Å². The standard InChI is InChI=1S/C21H15ClF2N4O/c22-19-16(12-7-14(23)18(24)15(29)8-12)17-20(25)26-9-27-21(17)28(19)13-5-10-3-1-2-4-11(10)6-13/h1-4,7-9,13,29H,5-6H2,(H2,25,26,27). The predicted molar refractivity (Wildman–Crippen MR) is 107 cm³/mol. The normalized spacial score (nSPS) is 13.9. The van der Waals surface area contributed by atoms with Crippen LogP contribution in [-0.4, -0.2) is 19.6 Å². The van der Waals surface area contributed by atoms with Gasteiger partial charge in [0.05, 0.1) is 5.39 Å². The third-order valence-corrected chi connectivity index (χ3v) is 5.82. The highest BCUT2D eigenvalue weighted by atomic mass is 35.5. The number of rotatable bonds is 2. The van der Waals surface area contributed by atoms with Gasteiger partial charge in [0.2, 0.25) is 0 Å². The summed E-state index contributed by atoms with van der Waals surface area (Å²) in [6.07, 6.45) is 2.86. The second-order valence-corrected chi connectivity index (χ2v) is 7.47. The van der Waals surface area contributed by atoms with Crippen LogP contribution in [0.3, 0.4) is 0 Å². The lowest BCUT2D eigenvalue weighted by Crippen LogP contribution is -2.10. The van der Waals surface area contributed by atoms with Crippen LogP contribution in [-0.2, 0) is 12.8 Å². The quantitative estimate of drug-likeness (QED) is 0.502. The van der Waals surface area contributed by atoms with Crippen LogP contribution >= 0.6 is 11.6 Å². The van der Waals surface area contributed by atoms with Crippen LogP contribution in [0.5, 0.6) is 5.75 Å². The number of fused-ring (bicyclic) bond motifs is 2. The topological polar surface area (TPSA) is 77.0 Å². The molecule has 0 fully saturated rings. The number of phenols is 1. The van der Waals surface area contributed by atoms with Crippen molar-refractivity contribution in [2.24, 2.45) is 0 Å². The highest BCUT2D eigenvalue weighted by Gasteiger charge is 2.30. The molecule has 0 saturated heterocycles. The minimum absolute atomic E-state index is 0.00987. The van der Waals surface area contributed by atoms with Gasteiger partial charge in [-0.15, -0.1) is 0 Å². The van der Waals surface area contributed by atoms with Crippen molar-refractivity contribution in [1.29, 1.82) is 0 Å². The molecule has 5 rings (SSSR count). The van der Waals surface area contributed by atoms with Crippen LogP contribution in [0, 0.1) is 11.6 Å². The van der Waals surface area contributed by atoms with Crippen LogP contribution in [0.25, 0.3) is 22.2 Å². The molecule has 0 spiro atoms. The Morgan fingerprint density at radius 3 is 2.45 bits per heavy atom. The first-order chi connectivity index (χ1) is 14.0. The zero-order valence-electron chi connectivity index (χ0n) is 15.0. The molecular formula is C21H15ClF2N4O. The summed E-state index contributed by atoms with van der Waals surface area (Å²) in [5.74, 6) is -3.13. The summed E-state index contributed by atoms with van der Waals surface area (Å²) in [4.78, 5) is 8.42. The van der Waals surface area contributed by atoms with Gasteiger partial charge in [-0.1, -0.05) is 35.9 Å². The first-order valence-electron chi connectivity index (χ1n) is 9.00. The van der Waals surface area contributed by atoms with Crippen molar-refractivity contribution in [3.63, 3.8) is 0 Å². The van der Waals surface area contributed by atoms with Gasteiger partial charge in [0, 0.05) is 11.6 Å². The molecule has 8 heteroatoms. The van der Waals surface area contributed by atoms with E-state index < -0.39 is 17.4 Å². The van der Waals surface area contributed by atoms with E-state index in [4.69, 9.17) is 17.3 Å². The molecule has 0 atom stereocenters. The largest absolute Gasteiger partial charge is 0.505 e. The van der Waals surface area contributed by atoms with Gasteiger partial charge < -0.3 is 15.4 Å². The molecule has 2 aromatic heterocycles. The fourth-order valence-corrected chi connectivity index (χ4v) is 4.58. The van der Waals surface area contributed by atoms with E-state index in [2.05, 4.69) is 22.1 Å². The molecule has 4 aromatic rings. The third kappa shape index (κ3) is 2.65. The maximum atomic E-state index is 14.0. The molecule has 0 amide bonds. The van der Waals surface area contributed by atoms with E-state index in [-0.39, 0.29) is 22.6 Å². The average molecular weight is 413 g/mol. The number of nitrogen functional groups attached to an aromatic ring is 1. The predicted octanol–water partition coefficient (Wildman–Crippen LogP) is 4.66. The number of anilines is 1. The van der Waals surface area contributed by atoms with Gasteiger partial charge in [-0.3, -0.25) is 0 Å². The molecule has 5 nitrogen and oxygen atoms in total. The summed E-state index contributed by atoms with van der Waals surface area (Å²) in [5.41, 5.74) is 9.64. The smallest absolute Gasteiger partial charge is 0.200 e. The monoisotopic (exact) mass is 412 g/mol. The number of nitrogens with two attached hydrogens (primary N) is 1. The summed E-state index contributed by atoms with van der Waals surface area (Å²) in [6, 6.07) is 10.2. The molecule has 0 bridgehead atoms. The van der Waals surface area contributed by atoms with E-state index >= 15 is 0 Å². The maximum Gasteiger partial charge on any atom is 0.200 e. The molecule has 2 aromatic carbocycles. The molecular weight excluding hydrogens is 398 g/mol. The summed E-state index contributed by atoms with van der Waals surface area (Å²) >= 11 is 6.77. The number of hydrogen-bond acceptors (Lipinski definition) is 4. The first-order valence-corrected chi connectivity index (χ1v) is 9.38. The Labute approximate surface area is 169 Å². The molecule has 3 N–H and O–H groups in total. The molecule has 146 valence electrons. The highest BCUT2D eigenvalue weighted by Crippen LogP contribution is 2.44. The summed E-state index contributed by atoms with van der Waals surface area (Å²) in [7, 11) is 0.